The van der Waals surface area contributed by atoms with Gasteiger partial charge in [-0.1, -0.05) is 18.7 Å². The summed E-state index contributed by atoms with van der Waals surface area (Å²) in [6, 6.07) is 0. The Morgan fingerprint density at radius 3 is 2.64 bits per heavy atom. The van der Waals surface area contributed by atoms with Gasteiger partial charge in [0.05, 0.1) is 5.54 Å². The van der Waals surface area contributed by atoms with Crippen LogP contribution in [0.5, 0.6) is 0 Å². The average molecular weight is 214 g/mol. The molecule has 3 heteroatoms. The number of aliphatic imine (C=N–C) groups is 1. The van der Waals surface area contributed by atoms with Crippen molar-refractivity contribution in [2.45, 2.75) is 58.5 Å². The van der Waals surface area contributed by atoms with Gasteiger partial charge in [0, 0.05) is 11.3 Å². The molecule has 1 aliphatic heterocycles. The molecular weight excluding hydrogens is 192 g/mol. The predicted molar refractivity (Wildman–Crippen MR) is 66.1 cm³/mol. The van der Waals surface area contributed by atoms with E-state index in [4.69, 9.17) is 4.99 Å². The van der Waals surface area contributed by atoms with Crippen LogP contribution < -0.4 is 5.32 Å². The van der Waals surface area contributed by atoms with E-state index in [0.29, 0.717) is 0 Å². The summed E-state index contributed by atoms with van der Waals surface area (Å²) >= 11 is 1.85. The summed E-state index contributed by atoms with van der Waals surface area (Å²) in [7, 11) is 0. The van der Waals surface area contributed by atoms with Gasteiger partial charge in [-0.3, -0.25) is 4.99 Å². The van der Waals surface area contributed by atoms with Crippen LogP contribution >= 0.6 is 11.8 Å². The van der Waals surface area contributed by atoms with Gasteiger partial charge in [0.15, 0.2) is 5.17 Å². The zero-order chi connectivity index (χ0) is 10.8. The molecule has 0 spiro atoms. The van der Waals surface area contributed by atoms with Crippen LogP contribution in [-0.4, -0.2) is 22.0 Å². The van der Waals surface area contributed by atoms with Gasteiger partial charge in [0.25, 0.3) is 0 Å². The van der Waals surface area contributed by atoms with Crippen LogP contribution in [0.25, 0.3) is 0 Å². The number of amidine groups is 1. The smallest absolute Gasteiger partial charge is 0.157 e. The van der Waals surface area contributed by atoms with E-state index in [0.717, 1.165) is 11.6 Å². The molecule has 2 nitrogen and oxygen atoms in total. The van der Waals surface area contributed by atoms with Crippen molar-refractivity contribution in [2.24, 2.45) is 4.99 Å². The second-order valence-electron chi connectivity index (χ2n) is 5.24. The highest BCUT2D eigenvalue weighted by atomic mass is 32.2. The molecule has 82 valence electrons. The van der Waals surface area contributed by atoms with Crippen LogP contribution in [0.1, 0.15) is 47.5 Å². The number of nitrogens with one attached hydrogen (secondary N) is 1. The number of hydrogen-bond acceptors (Lipinski definition) is 3. The summed E-state index contributed by atoms with van der Waals surface area (Å²) in [5, 5.41) is 4.58. The molecule has 1 heterocycles. The average Bonchev–Trinajstić information content (AvgIpc) is 2.01. The number of hydrogen-bond donors (Lipinski definition) is 1. The van der Waals surface area contributed by atoms with Gasteiger partial charge in [-0.25, -0.2) is 0 Å². The molecule has 1 unspecified atom stereocenters. The normalized spacial score (nSPS) is 28.5. The first-order valence-electron chi connectivity index (χ1n) is 5.35. The maximum Gasteiger partial charge on any atom is 0.157 e. The van der Waals surface area contributed by atoms with Gasteiger partial charge in [-0.05, 0) is 40.5 Å². The van der Waals surface area contributed by atoms with Gasteiger partial charge >= 0.3 is 0 Å². The SMILES string of the molecule is CCC1(C)CCSC(NC(C)(C)C)=N1. The Morgan fingerprint density at radius 1 is 1.50 bits per heavy atom. The Kier molecular flexibility index (Phi) is 3.51. The van der Waals surface area contributed by atoms with Crippen molar-refractivity contribution in [3.63, 3.8) is 0 Å². The number of thioether (sulfide) groups is 1. The highest BCUT2D eigenvalue weighted by Gasteiger charge is 2.27. The maximum atomic E-state index is 4.79. The first-order chi connectivity index (χ1) is 6.35. The van der Waals surface area contributed by atoms with E-state index in [2.05, 4.69) is 39.9 Å². The molecule has 0 saturated heterocycles. The highest BCUT2D eigenvalue weighted by molar-refractivity contribution is 8.13. The Hall–Kier alpha value is -0.180. The summed E-state index contributed by atoms with van der Waals surface area (Å²) in [6.45, 7) is 11.0. The zero-order valence-corrected chi connectivity index (χ0v) is 10.8. The fourth-order valence-electron chi connectivity index (χ4n) is 1.34. The predicted octanol–water partition coefficient (Wildman–Crippen LogP) is 3.04. The molecule has 1 atom stereocenters. The van der Waals surface area contributed by atoms with E-state index in [1.165, 1.54) is 12.2 Å². The minimum Gasteiger partial charge on any atom is -0.360 e. The topological polar surface area (TPSA) is 24.4 Å². The van der Waals surface area contributed by atoms with E-state index < -0.39 is 0 Å². The molecule has 0 fully saturated rings. The lowest BCUT2D eigenvalue weighted by atomic mass is 9.96. The molecule has 0 bridgehead atoms. The zero-order valence-electron chi connectivity index (χ0n) is 9.98. The Morgan fingerprint density at radius 2 is 2.14 bits per heavy atom. The second-order valence-corrected chi connectivity index (χ2v) is 6.32. The molecule has 1 rings (SSSR count). The first kappa shape index (κ1) is 11.9. The molecule has 0 amide bonds. The summed E-state index contributed by atoms with van der Waals surface area (Å²) < 4.78 is 0. The fourth-order valence-corrected chi connectivity index (χ4v) is 2.74. The van der Waals surface area contributed by atoms with Gasteiger partial charge in [-0.15, -0.1) is 0 Å². The molecule has 0 saturated carbocycles. The summed E-state index contributed by atoms with van der Waals surface area (Å²) in [5.74, 6) is 1.19. The molecule has 0 aromatic carbocycles. The van der Waals surface area contributed by atoms with Crippen LogP contribution in [0.15, 0.2) is 4.99 Å². The molecule has 1 N–H and O–H groups in total. The van der Waals surface area contributed by atoms with Gasteiger partial charge < -0.3 is 5.32 Å². The van der Waals surface area contributed by atoms with Crippen LogP contribution in [0.4, 0.5) is 0 Å². The summed E-state index contributed by atoms with van der Waals surface area (Å²) in [6.07, 6.45) is 2.33. The minimum atomic E-state index is 0.123. The largest absolute Gasteiger partial charge is 0.360 e. The molecule has 0 aromatic rings. The summed E-state index contributed by atoms with van der Waals surface area (Å²) in [5.41, 5.74) is 0.288. The quantitative estimate of drug-likeness (QED) is 0.725. The van der Waals surface area contributed by atoms with Gasteiger partial charge in [0.2, 0.25) is 0 Å². The Labute approximate surface area is 92.0 Å². The van der Waals surface area contributed by atoms with Crippen molar-refractivity contribution >= 4 is 16.9 Å². The van der Waals surface area contributed by atoms with Crippen molar-refractivity contribution in [2.75, 3.05) is 5.75 Å². The van der Waals surface area contributed by atoms with Crippen molar-refractivity contribution in [1.82, 2.24) is 5.32 Å². The third kappa shape index (κ3) is 3.52. The maximum absolute atomic E-state index is 4.79. The lowest BCUT2D eigenvalue weighted by Gasteiger charge is -2.32. The van der Waals surface area contributed by atoms with Crippen LogP contribution in [-0.2, 0) is 0 Å². The van der Waals surface area contributed by atoms with Crippen LogP contribution in [0, 0.1) is 0 Å². The van der Waals surface area contributed by atoms with E-state index in [1.807, 2.05) is 11.8 Å². The minimum absolute atomic E-state index is 0.123. The summed E-state index contributed by atoms with van der Waals surface area (Å²) in [4.78, 5) is 4.79. The molecule has 14 heavy (non-hydrogen) atoms. The van der Waals surface area contributed by atoms with E-state index in [1.54, 1.807) is 0 Å². The molecule has 0 radical (unpaired) electrons. The third-order valence-electron chi connectivity index (χ3n) is 2.49. The van der Waals surface area contributed by atoms with Gasteiger partial charge in [0.1, 0.15) is 0 Å². The molecule has 0 aromatic heterocycles. The van der Waals surface area contributed by atoms with Crippen molar-refractivity contribution in [3.05, 3.63) is 0 Å². The van der Waals surface area contributed by atoms with Crippen LogP contribution in [0.3, 0.4) is 0 Å². The van der Waals surface area contributed by atoms with E-state index in [-0.39, 0.29) is 11.1 Å². The lowest BCUT2D eigenvalue weighted by molar-refractivity contribution is 0.434. The van der Waals surface area contributed by atoms with Crippen molar-refractivity contribution < 1.29 is 0 Å². The van der Waals surface area contributed by atoms with Gasteiger partial charge in [-0.2, -0.15) is 0 Å². The molecular formula is C11H22N2S. The Balaban J connectivity index is 2.70. The van der Waals surface area contributed by atoms with E-state index in [9.17, 15) is 0 Å². The lowest BCUT2D eigenvalue weighted by Crippen LogP contribution is -2.42. The number of nitrogens with zero attached hydrogens (tertiary/aromatic N) is 1. The molecule has 0 aliphatic carbocycles. The Bertz CT molecular complexity index is 230. The third-order valence-corrected chi connectivity index (χ3v) is 3.37. The second kappa shape index (κ2) is 4.13. The molecule has 1 aliphatic rings. The monoisotopic (exact) mass is 214 g/mol. The van der Waals surface area contributed by atoms with Crippen molar-refractivity contribution in [3.8, 4) is 0 Å². The number of rotatable bonds is 1. The highest BCUT2D eigenvalue weighted by Crippen LogP contribution is 2.29. The van der Waals surface area contributed by atoms with Crippen LogP contribution in [0.2, 0.25) is 0 Å². The van der Waals surface area contributed by atoms with Crippen molar-refractivity contribution in [1.29, 1.82) is 0 Å². The fraction of sp³-hybridized carbons (Fsp3) is 0.909. The van der Waals surface area contributed by atoms with E-state index >= 15 is 0 Å². The first-order valence-corrected chi connectivity index (χ1v) is 6.34. The standard InChI is InChI=1S/C11H22N2S/c1-6-11(5)7-8-14-9(13-11)12-10(2,3)4/h6-8H2,1-5H3,(H,12,13).